The molecule has 96 valence electrons. The first-order chi connectivity index (χ1) is 9.20. The van der Waals surface area contributed by atoms with E-state index in [1.807, 2.05) is 19.1 Å². The molecular weight excluding hydrogens is 234 g/mol. The van der Waals surface area contributed by atoms with Gasteiger partial charge in [0, 0.05) is 12.1 Å². The predicted molar refractivity (Wildman–Crippen MR) is 77.2 cm³/mol. The molecule has 0 aliphatic rings. The monoisotopic (exact) mass is 251 g/mol. The number of aromatic nitrogens is 3. The number of nitrogens with one attached hydrogen (secondary N) is 1. The molecule has 0 amide bonds. The summed E-state index contributed by atoms with van der Waals surface area (Å²) in [4.78, 5) is 12.3. The van der Waals surface area contributed by atoms with Gasteiger partial charge in [0.15, 0.2) is 5.65 Å². The molecular formula is C16H17N3. The van der Waals surface area contributed by atoms with Crippen molar-refractivity contribution < 1.29 is 0 Å². The number of rotatable bonds is 3. The Bertz CT molecular complexity index is 696. The second-order valence-corrected chi connectivity index (χ2v) is 4.99. The van der Waals surface area contributed by atoms with Gasteiger partial charge in [-0.15, -0.1) is 0 Å². The van der Waals surface area contributed by atoms with Crippen LogP contribution in [0.2, 0.25) is 0 Å². The van der Waals surface area contributed by atoms with E-state index < -0.39 is 0 Å². The van der Waals surface area contributed by atoms with Crippen LogP contribution < -0.4 is 0 Å². The number of aryl methyl sites for hydroxylation is 4. The lowest BCUT2D eigenvalue weighted by Crippen LogP contribution is -1.93. The van der Waals surface area contributed by atoms with Gasteiger partial charge in [-0.2, -0.15) is 0 Å². The standard InChI is InChI=1S/C16H17N3/c1-11-3-6-13(7-4-11)8-10-15-18-14-9-5-12(2)17-16(14)19-15/h3-7,9H,8,10H2,1-2H3,(H,17,18,19). The molecule has 3 heteroatoms. The van der Waals surface area contributed by atoms with Gasteiger partial charge in [-0.05, 0) is 38.0 Å². The fraction of sp³-hybridized carbons (Fsp3) is 0.250. The summed E-state index contributed by atoms with van der Waals surface area (Å²) in [5, 5.41) is 0. The van der Waals surface area contributed by atoms with Crippen molar-refractivity contribution in [1.82, 2.24) is 15.0 Å². The smallest absolute Gasteiger partial charge is 0.177 e. The van der Waals surface area contributed by atoms with Gasteiger partial charge < -0.3 is 4.98 Å². The Morgan fingerprint density at radius 2 is 1.68 bits per heavy atom. The molecule has 0 spiro atoms. The summed E-state index contributed by atoms with van der Waals surface area (Å²) < 4.78 is 0. The van der Waals surface area contributed by atoms with E-state index in [0.717, 1.165) is 35.5 Å². The highest BCUT2D eigenvalue weighted by Crippen LogP contribution is 2.12. The van der Waals surface area contributed by atoms with Crippen molar-refractivity contribution in [2.24, 2.45) is 0 Å². The van der Waals surface area contributed by atoms with E-state index in [1.165, 1.54) is 11.1 Å². The number of H-pyrrole nitrogens is 1. The molecule has 0 unspecified atom stereocenters. The van der Waals surface area contributed by atoms with Gasteiger partial charge >= 0.3 is 0 Å². The van der Waals surface area contributed by atoms with Gasteiger partial charge in [-0.1, -0.05) is 29.8 Å². The third-order valence-corrected chi connectivity index (χ3v) is 3.31. The summed E-state index contributed by atoms with van der Waals surface area (Å²) in [5.74, 6) is 1.01. The Balaban J connectivity index is 1.76. The zero-order valence-electron chi connectivity index (χ0n) is 11.3. The molecule has 0 fully saturated rings. The van der Waals surface area contributed by atoms with Gasteiger partial charge in [-0.3, -0.25) is 0 Å². The SMILES string of the molecule is Cc1ccc(CCc2nc3nc(C)ccc3[nH]2)cc1. The van der Waals surface area contributed by atoms with Crippen molar-refractivity contribution in [2.75, 3.05) is 0 Å². The second kappa shape index (κ2) is 4.84. The molecule has 0 radical (unpaired) electrons. The molecule has 0 atom stereocenters. The van der Waals surface area contributed by atoms with Crippen LogP contribution in [0, 0.1) is 13.8 Å². The molecule has 19 heavy (non-hydrogen) atoms. The van der Waals surface area contributed by atoms with Crippen LogP contribution in [0.5, 0.6) is 0 Å². The Hall–Kier alpha value is -2.16. The number of hydrogen-bond acceptors (Lipinski definition) is 2. The van der Waals surface area contributed by atoms with Crippen molar-refractivity contribution in [3.63, 3.8) is 0 Å². The third kappa shape index (κ3) is 2.65. The molecule has 1 aromatic carbocycles. The van der Waals surface area contributed by atoms with E-state index in [2.05, 4.69) is 46.1 Å². The van der Waals surface area contributed by atoms with Crippen LogP contribution in [-0.2, 0) is 12.8 Å². The Labute approximate surface area is 112 Å². The minimum Gasteiger partial charge on any atom is -0.341 e. The topological polar surface area (TPSA) is 41.6 Å². The average molecular weight is 251 g/mol. The number of fused-ring (bicyclic) bond motifs is 1. The minimum absolute atomic E-state index is 0.818. The summed E-state index contributed by atoms with van der Waals surface area (Å²) in [6.45, 7) is 4.09. The van der Waals surface area contributed by atoms with Crippen LogP contribution in [0.3, 0.4) is 0 Å². The summed E-state index contributed by atoms with van der Waals surface area (Å²) in [7, 11) is 0. The molecule has 2 aromatic heterocycles. The quantitative estimate of drug-likeness (QED) is 0.775. The Morgan fingerprint density at radius 3 is 2.47 bits per heavy atom. The normalized spacial score (nSPS) is 11.1. The maximum absolute atomic E-state index is 4.54. The average Bonchev–Trinajstić information content (AvgIpc) is 2.80. The third-order valence-electron chi connectivity index (χ3n) is 3.31. The molecule has 2 heterocycles. The van der Waals surface area contributed by atoms with Crippen molar-refractivity contribution in [3.8, 4) is 0 Å². The van der Waals surface area contributed by atoms with E-state index >= 15 is 0 Å². The van der Waals surface area contributed by atoms with Crippen LogP contribution >= 0.6 is 0 Å². The zero-order chi connectivity index (χ0) is 13.2. The van der Waals surface area contributed by atoms with E-state index in [4.69, 9.17) is 0 Å². The number of hydrogen-bond donors (Lipinski definition) is 1. The molecule has 0 aliphatic heterocycles. The molecule has 0 aliphatic carbocycles. The van der Waals surface area contributed by atoms with Crippen LogP contribution in [0.15, 0.2) is 36.4 Å². The second-order valence-electron chi connectivity index (χ2n) is 4.99. The minimum atomic E-state index is 0.818. The van der Waals surface area contributed by atoms with Crippen LogP contribution in [0.1, 0.15) is 22.6 Å². The highest BCUT2D eigenvalue weighted by Gasteiger charge is 2.04. The molecule has 0 saturated heterocycles. The lowest BCUT2D eigenvalue weighted by atomic mass is 10.1. The summed E-state index contributed by atoms with van der Waals surface area (Å²) >= 11 is 0. The maximum atomic E-state index is 4.54. The van der Waals surface area contributed by atoms with Crippen molar-refractivity contribution in [3.05, 3.63) is 59.0 Å². The fourth-order valence-corrected chi connectivity index (χ4v) is 2.17. The van der Waals surface area contributed by atoms with Crippen LogP contribution in [0.25, 0.3) is 11.2 Å². The van der Waals surface area contributed by atoms with Gasteiger partial charge in [0.05, 0.1) is 5.52 Å². The molecule has 0 bridgehead atoms. The van der Waals surface area contributed by atoms with Crippen LogP contribution in [-0.4, -0.2) is 15.0 Å². The number of nitrogens with zero attached hydrogens (tertiary/aromatic N) is 2. The molecule has 3 nitrogen and oxygen atoms in total. The van der Waals surface area contributed by atoms with Gasteiger partial charge in [0.25, 0.3) is 0 Å². The summed E-state index contributed by atoms with van der Waals surface area (Å²) in [6, 6.07) is 12.7. The van der Waals surface area contributed by atoms with E-state index in [-0.39, 0.29) is 0 Å². The lowest BCUT2D eigenvalue weighted by molar-refractivity contribution is 0.888. The van der Waals surface area contributed by atoms with Crippen molar-refractivity contribution >= 4 is 11.2 Å². The number of pyridine rings is 1. The van der Waals surface area contributed by atoms with Crippen molar-refractivity contribution in [1.29, 1.82) is 0 Å². The largest absolute Gasteiger partial charge is 0.341 e. The zero-order valence-corrected chi connectivity index (χ0v) is 11.3. The van der Waals surface area contributed by atoms with Gasteiger partial charge in [-0.25, -0.2) is 9.97 Å². The maximum Gasteiger partial charge on any atom is 0.177 e. The first kappa shape index (κ1) is 11.9. The lowest BCUT2D eigenvalue weighted by Gasteiger charge is -1.99. The first-order valence-electron chi connectivity index (χ1n) is 6.58. The fourth-order valence-electron chi connectivity index (χ4n) is 2.17. The summed E-state index contributed by atoms with van der Waals surface area (Å²) in [6.07, 6.45) is 1.91. The highest BCUT2D eigenvalue weighted by atomic mass is 15.0. The molecule has 1 N–H and O–H groups in total. The Kier molecular flexibility index (Phi) is 3.03. The van der Waals surface area contributed by atoms with Crippen molar-refractivity contribution in [2.45, 2.75) is 26.7 Å². The molecule has 3 aromatic rings. The predicted octanol–water partition coefficient (Wildman–Crippen LogP) is 3.36. The number of imidazole rings is 1. The molecule has 0 saturated carbocycles. The first-order valence-corrected chi connectivity index (χ1v) is 6.58. The van der Waals surface area contributed by atoms with Crippen LogP contribution in [0.4, 0.5) is 0 Å². The van der Waals surface area contributed by atoms with E-state index in [0.29, 0.717) is 0 Å². The van der Waals surface area contributed by atoms with E-state index in [1.54, 1.807) is 0 Å². The number of benzene rings is 1. The van der Waals surface area contributed by atoms with E-state index in [9.17, 15) is 0 Å². The highest BCUT2D eigenvalue weighted by molar-refractivity contribution is 5.70. The molecule has 3 rings (SSSR count). The Morgan fingerprint density at radius 1 is 0.895 bits per heavy atom. The summed E-state index contributed by atoms with van der Waals surface area (Å²) in [5.41, 5.74) is 5.48. The van der Waals surface area contributed by atoms with Gasteiger partial charge in [0.2, 0.25) is 0 Å². The number of aromatic amines is 1. The van der Waals surface area contributed by atoms with Gasteiger partial charge in [0.1, 0.15) is 5.82 Å².